The lowest BCUT2D eigenvalue weighted by Crippen LogP contribution is -2.61. The first-order valence-corrected chi connectivity index (χ1v) is 10.4. The van der Waals surface area contributed by atoms with Crippen LogP contribution in [-0.2, 0) is 25.0 Å². The van der Waals surface area contributed by atoms with Gasteiger partial charge in [-0.15, -0.1) is 0 Å². The number of nitrogens with one attached hydrogen (secondary N) is 1. The molecule has 10 heteroatoms. The van der Waals surface area contributed by atoms with E-state index >= 15 is 0 Å². The molecular weight excluding hydrogens is 389 g/mol. The second-order valence-corrected chi connectivity index (χ2v) is 9.79. The molecule has 2 heterocycles. The molecule has 8 nitrogen and oxygen atoms in total. The van der Waals surface area contributed by atoms with Gasteiger partial charge in [-0.3, -0.25) is 5.32 Å². The van der Waals surface area contributed by atoms with Crippen LogP contribution >= 0.6 is 0 Å². The van der Waals surface area contributed by atoms with Gasteiger partial charge in [0.2, 0.25) is 11.4 Å². The monoisotopic (exact) mass is 413 g/mol. The van der Waals surface area contributed by atoms with Crippen molar-refractivity contribution >= 4 is 22.1 Å². The zero-order valence-electron chi connectivity index (χ0n) is 16.2. The third-order valence-corrected chi connectivity index (χ3v) is 6.57. The number of hydrogen-bond acceptors (Lipinski definition) is 6. The molecule has 1 saturated heterocycles. The molecule has 1 fully saturated rings. The zero-order valence-corrected chi connectivity index (χ0v) is 17.0. The van der Waals surface area contributed by atoms with Gasteiger partial charge in [0.1, 0.15) is 17.0 Å². The van der Waals surface area contributed by atoms with E-state index in [9.17, 15) is 17.6 Å². The highest BCUT2D eigenvalue weighted by atomic mass is 32.2. The fourth-order valence-electron chi connectivity index (χ4n) is 3.39. The number of aliphatic imine (C=N–C) groups is 1. The minimum Gasteiger partial charge on any atom is -0.444 e. The molecule has 28 heavy (non-hydrogen) atoms. The summed E-state index contributed by atoms with van der Waals surface area (Å²) in [6, 6.07) is 5.87. The number of carbonyl (C=O) groups excluding carboxylic acids is 1. The summed E-state index contributed by atoms with van der Waals surface area (Å²) >= 11 is 0. The van der Waals surface area contributed by atoms with Crippen LogP contribution in [0.4, 0.5) is 9.18 Å². The quantitative estimate of drug-likeness (QED) is 0.762. The van der Waals surface area contributed by atoms with Crippen LogP contribution in [0.2, 0.25) is 0 Å². The van der Waals surface area contributed by atoms with Gasteiger partial charge in [-0.1, -0.05) is 18.2 Å². The number of hydrogen-bond donors (Lipinski definition) is 1. The average molecular weight is 413 g/mol. The van der Waals surface area contributed by atoms with E-state index in [4.69, 9.17) is 9.47 Å². The highest BCUT2D eigenvalue weighted by Gasteiger charge is 2.57. The van der Waals surface area contributed by atoms with Crippen molar-refractivity contribution in [2.45, 2.75) is 50.2 Å². The number of fused-ring (bicyclic) bond motifs is 1. The first kappa shape index (κ1) is 20.5. The van der Waals surface area contributed by atoms with Crippen molar-refractivity contribution in [1.29, 1.82) is 0 Å². The fourth-order valence-corrected chi connectivity index (χ4v) is 5.06. The lowest BCUT2D eigenvalue weighted by Gasteiger charge is -2.46. The number of benzene rings is 1. The maximum Gasteiger partial charge on any atom is 0.414 e. The molecule has 1 amide bonds. The van der Waals surface area contributed by atoms with E-state index in [-0.39, 0.29) is 24.6 Å². The van der Waals surface area contributed by atoms with Gasteiger partial charge in [-0.2, -0.15) is 0 Å². The van der Waals surface area contributed by atoms with Crippen molar-refractivity contribution in [2.24, 2.45) is 4.99 Å². The molecule has 0 aliphatic carbocycles. The first-order chi connectivity index (χ1) is 13.0. The minimum absolute atomic E-state index is 0.111. The number of sulfonamides is 1. The minimum atomic E-state index is -4.08. The van der Waals surface area contributed by atoms with Crippen LogP contribution < -0.4 is 5.32 Å². The van der Waals surface area contributed by atoms with E-state index in [1.54, 1.807) is 26.8 Å². The molecule has 0 aromatic heterocycles. The molecule has 2 aliphatic heterocycles. The highest BCUT2D eigenvalue weighted by Crippen LogP contribution is 2.45. The number of ether oxygens (including phenoxy) is 2. The molecule has 1 aromatic rings. The fraction of sp³-hybridized carbons (Fsp3) is 0.556. The van der Waals surface area contributed by atoms with Gasteiger partial charge < -0.3 is 9.47 Å². The summed E-state index contributed by atoms with van der Waals surface area (Å²) in [6.45, 7) is 5.27. The predicted molar refractivity (Wildman–Crippen MR) is 101 cm³/mol. The van der Waals surface area contributed by atoms with Gasteiger partial charge in [0, 0.05) is 19.2 Å². The van der Waals surface area contributed by atoms with Crippen LogP contribution in [0.3, 0.4) is 0 Å². The maximum atomic E-state index is 14.7. The molecule has 2 atom stereocenters. The molecule has 3 rings (SSSR count). The van der Waals surface area contributed by atoms with E-state index in [0.717, 1.165) is 4.31 Å². The molecule has 1 aromatic carbocycles. The molecular formula is C18H24FN3O5S. The van der Waals surface area contributed by atoms with Crippen molar-refractivity contribution in [3.8, 4) is 0 Å². The van der Waals surface area contributed by atoms with E-state index < -0.39 is 38.5 Å². The molecule has 1 N–H and O–H groups in total. The van der Waals surface area contributed by atoms with Crippen molar-refractivity contribution in [2.75, 3.05) is 13.7 Å². The Morgan fingerprint density at radius 3 is 2.71 bits per heavy atom. The lowest BCUT2D eigenvalue weighted by molar-refractivity contribution is 0.000140. The zero-order chi connectivity index (χ0) is 20.7. The molecule has 0 spiro atoms. The third kappa shape index (κ3) is 3.58. The van der Waals surface area contributed by atoms with Crippen LogP contribution in [0.15, 0.2) is 29.3 Å². The Morgan fingerprint density at radius 1 is 1.39 bits per heavy atom. The van der Waals surface area contributed by atoms with Crippen LogP contribution in [-0.4, -0.2) is 49.5 Å². The van der Waals surface area contributed by atoms with Gasteiger partial charge >= 0.3 is 6.09 Å². The van der Waals surface area contributed by atoms with Crippen molar-refractivity contribution in [3.63, 3.8) is 0 Å². The Bertz CT molecular complexity index is 912. The summed E-state index contributed by atoms with van der Waals surface area (Å²) in [6.07, 6.45) is -0.106. The van der Waals surface area contributed by atoms with E-state index in [2.05, 4.69) is 10.3 Å². The number of amides is 1. The maximum absolute atomic E-state index is 14.7. The second kappa shape index (κ2) is 7.00. The molecule has 154 valence electrons. The third-order valence-electron chi connectivity index (χ3n) is 4.57. The number of guanidine groups is 1. The van der Waals surface area contributed by atoms with Gasteiger partial charge in [-0.05, 0) is 39.7 Å². The smallest absolute Gasteiger partial charge is 0.414 e. The number of alkyl carbamates (subject to hydrolysis) is 1. The summed E-state index contributed by atoms with van der Waals surface area (Å²) in [5.41, 5.74) is -3.56. The number of halogens is 1. The summed E-state index contributed by atoms with van der Waals surface area (Å²) in [7, 11) is -2.82. The number of nitrogens with zero attached hydrogens (tertiary/aromatic N) is 2. The SMILES string of the molecule is CN1C(NC(=O)OC(C)(C)C)=N[C@@]2(c3ccccc3F)CCCOC2S1(=O)=O. The molecule has 1 unspecified atom stereocenters. The first-order valence-electron chi connectivity index (χ1n) is 8.91. The Balaban J connectivity index is 2.12. The van der Waals surface area contributed by atoms with Gasteiger partial charge in [-0.25, -0.2) is 26.9 Å². The predicted octanol–water partition coefficient (Wildman–Crippen LogP) is 2.31. The van der Waals surface area contributed by atoms with E-state index in [0.29, 0.717) is 6.42 Å². The van der Waals surface area contributed by atoms with Crippen molar-refractivity contribution < 1.29 is 27.1 Å². The topological polar surface area (TPSA) is 97.3 Å². The van der Waals surface area contributed by atoms with Crippen LogP contribution in [0.1, 0.15) is 39.2 Å². The molecule has 0 saturated carbocycles. The van der Waals surface area contributed by atoms with Crippen LogP contribution in [0, 0.1) is 5.82 Å². The second-order valence-electron chi connectivity index (χ2n) is 7.79. The Labute approximate surface area is 163 Å². The lowest BCUT2D eigenvalue weighted by atomic mass is 9.84. The summed E-state index contributed by atoms with van der Waals surface area (Å²) < 4.78 is 52.5. The number of carbonyl (C=O) groups is 1. The van der Waals surface area contributed by atoms with E-state index in [1.807, 2.05) is 0 Å². The Morgan fingerprint density at radius 2 is 2.07 bits per heavy atom. The van der Waals surface area contributed by atoms with Crippen molar-refractivity contribution in [3.05, 3.63) is 35.6 Å². The molecule has 0 bridgehead atoms. The Kier molecular flexibility index (Phi) is 5.13. The van der Waals surface area contributed by atoms with Crippen molar-refractivity contribution in [1.82, 2.24) is 9.62 Å². The normalized spacial score (nSPS) is 26.8. The van der Waals surface area contributed by atoms with Gasteiger partial charge in [0.25, 0.3) is 10.0 Å². The summed E-state index contributed by atoms with van der Waals surface area (Å²) in [5, 5.41) is 2.39. The van der Waals surface area contributed by atoms with Crippen LogP contribution in [0.5, 0.6) is 0 Å². The van der Waals surface area contributed by atoms with Gasteiger partial charge in [0.05, 0.1) is 0 Å². The van der Waals surface area contributed by atoms with Crippen LogP contribution in [0.25, 0.3) is 0 Å². The molecule has 2 aliphatic rings. The number of rotatable bonds is 1. The average Bonchev–Trinajstić information content (AvgIpc) is 2.58. The Hall–Kier alpha value is -2.20. The molecule has 0 radical (unpaired) electrons. The van der Waals surface area contributed by atoms with E-state index in [1.165, 1.54) is 25.2 Å². The summed E-state index contributed by atoms with van der Waals surface area (Å²) in [4.78, 5) is 16.7. The largest absolute Gasteiger partial charge is 0.444 e. The van der Waals surface area contributed by atoms with Gasteiger partial charge in [0.15, 0.2) is 0 Å². The highest BCUT2D eigenvalue weighted by molar-refractivity contribution is 7.90. The summed E-state index contributed by atoms with van der Waals surface area (Å²) in [5.74, 6) is -0.822. The standard InChI is InChI=1S/C18H24FN3O5S/c1-17(2,3)27-16(23)20-15-21-18(12-8-5-6-9-13(12)19)10-7-11-26-14(18)28(24,25)22(15)4/h5-6,8-9,14H,7,10-11H2,1-4H3,(H,20,21,23)/t14?,18-/m1/s1.